The number of halogens is 1. The number of carbonyl (C=O) groups excluding carboxylic acids is 1. The van der Waals surface area contributed by atoms with E-state index >= 15 is 0 Å². The molecule has 0 saturated carbocycles. The lowest BCUT2D eigenvalue weighted by molar-refractivity contribution is 0.0964. The second-order valence-corrected chi connectivity index (χ2v) is 12.1. The second-order valence-electron chi connectivity index (χ2n) is 10.1. The van der Waals surface area contributed by atoms with Gasteiger partial charge in [-0.2, -0.15) is 5.10 Å². The number of aromatic nitrogens is 3. The predicted octanol–water partition coefficient (Wildman–Crippen LogP) is 4.71. The Bertz CT molecular complexity index is 1960. The molecule has 0 unspecified atom stereocenters. The topological polar surface area (TPSA) is 129 Å². The van der Waals surface area contributed by atoms with E-state index in [2.05, 4.69) is 15.4 Å². The van der Waals surface area contributed by atoms with Gasteiger partial charge in [0.15, 0.2) is 0 Å². The van der Waals surface area contributed by atoms with Crippen LogP contribution in [0.25, 0.3) is 44.7 Å². The van der Waals surface area contributed by atoms with Crippen LogP contribution in [0.15, 0.2) is 59.1 Å². The number of methoxy groups -OCH3 is 1. The Hall–Kier alpha value is -4.91. The van der Waals surface area contributed by atoms with Crippen molar-refractivity contribution in [1.82, 2.24) is 20.1 Å². The number of sulfonamides is 1. The average Bonchev–Trinajstić information content (AvgIpc) is 3.61. The number of aryl methyl sites for hydroxylation is 1. The normalized spacial score (nSPS) is 13.0. The zero-order chi connectivity index (χ0) is 30.5. The molecule has 222 valence electrons. The van der Waals surface area contributed by atoms with Crippen molar-refractivity contribution in [2.45, 2.75) is 13.0 Å². The zero-order valence-corrected chi connectivity index (χ0v) is 24.7. The summed E-state index contributed by atoms with van der Waals surface area (Å²) in [7, 11) is 0.714. The van der Waals surface area contributed by atoms with E-state index in [4.69, 9.17) is 13.9 Å². The largest absolute Gasteiger partial charge is 0.481 e. The Morgan fingerprint density at radius 2 is 1.88 bits per heavy atom. The monoisotopic (exact) mass is 605 g/mol. The maximum absolute atomic E-state index is 13.7. The van der Waals surface area contributed by atoms with Gasteiger partial charge in [0.25, 0.3) is 5.91 Å². The molecule has 13 heteroatoms. The van der Waals surface area contributed by atoms with Gasteiger partial charge in [-0.25, -0.2) is 22.5 Å². The first-order valence-corrected chi connectivity index (χ1v) is 15.2. The maximum Gasteiger partial charge on any atom is 0.255 e. The molecule has 4 heterocycles. The number of rotatable bonds is 7. The summed E-state index contributed by atoms with van der Waals surface area (Å²) in [6.45, 7) is 1.31. The van der Waals surface area contributed by atoms with Gasteiger partial charge < -0.3 is 19.2 Å². The molecule has 11 nitrogen and oxygen atoms in total. The van der Waals surface area contributed by atoms with E-state index in [9.17, 15) is 17.6 Å². The van der Waals surface area contributed by atoms with Crippen molar-refractivity contribution in [1.29, 1.82) is 0 Å². The van der Waals surface area contributed by atoms with E-state index < -0.39 is 21.7 Å². The minimum absolute atomic E-state index is 0.219. The quantitative estimate of drug-likeness (QED) is 0.283. The van der Waals surface area contributed by atoms with Crippen LogP contribution in [-0.2, 0) is 16.6 Å². The number of amides is 1. The highest BCUT2D eigenvalue weighted by Gasteiger charge is 2.27. The third-order valence-electron chi connectivity index (χ3n) is 7.34. The Balaban J connectivity index is 1.61. The fourth-order valence-corrected chi connectivity index (χ4v) is 5.61. The molecule has 1 amide bonds. The minimum atomic E-state index is -3.72. The lowest BCUT2D eigenvalue weighted by atomic mass is 9.98. The van der Waals surface area contributed by atoms with Crippen LogP contribution in [0.3, 0.4) is 0 Å². The number of anilines is 1. The first kappa shape index (κ1) is 28.2. The Morgan fingerprint density at radius 1 is 1.12 bits per heavy atom. The van der Waals surface area contributed by atoms with Crippen molar-refractivity contribution in [3.63, 3.8) is 0 Å². The summed E-state index contributed by atoms with van der Waals surface area (Å²) in [5.41, 5.74) is 3.43. The molecule has 5 aromatic rings. The number of hydrogen-bond acceptors (Lipinski definition) is 8. The Labute approximate surface area is 246 Å². The zero-order valence-electron chi connectivity index (χ0n) is 23.8. The van der Waals surface area contributed by atoms with Crippen molar-refractivity contribution in [2.24, 2.45) is 0 Å². The van der Waals surface area contributed by atoms with E-state index in [1.165, 1.54) is 45.5 Å². The van der Waals surface area contributed by atoms with Crippen LogP contribution in [0, 0.1) is 5.82 Å². The van der Waals surface area contributed by atoms with Crippen LogP contribution < -0.4 is 19.1 Å². The summed E-state index contributed by atoms with van der Waals surface area (Å²) in [6, 6.07) is 12.4. The van der Waals surface area contributed by atoms with E-state index in [1.54, 1.807) is 23.0 Å². The van der Waals surface area contributed by atoms with Crippen molar-refractivity contribution in [3.8, 4) is 45.5 Å². The molecule has 6 rings (SSSR count). The summed E-state index contributed by atoms with van der Waals surface area (Å²) in [5.74, 6) is 0.316. The van der Waals surface area contributed by atoms with Gasteiger partial charge in [-0.05, 0) is 36.4 Å². The number of carbonyl (C=O) groups is 1. The van der Waals surface area contributed by atoms with Crippen molar-refractivity contribution in [2.75, 3.05) is 38.4 Å². The van der Waals surface area contributed by atoms with Crippen LogP contribution >= 0.6 is 0 Å². The molecule has 0 saturated heterocycles. The molecule has 0 spiro atoms. The van der Waals surface area contributed by atoms with E-state index in [-0.39, 0.29) is 16.9 Å². The van der Waals surface area contributed by atoms with Crippen LogP contribution in [-0.4, -0.2) is 63.2 Å². The molecule has 0 radical (unpaired) electrons. The lowest BCUT2D eigenvalue weighted by Crippen LogP contribution is -2.25. The number of fused-ring (bicyclic) bond motifs is 2. The van der Waals surface area contributed by atoms with Gasteiger partial charge in [-0.1, -0.05) is 0 Å². The number of nitrogens with zero attached hydrogens (tertiary/aromatic N) is 4. The average molecular weight is 606 g/mol. The number of furan rings is 1. The number of benzene rings is 2. The fourth-order valence-electron chi connectivity index (χ4n) is 5.10. The molecule has 1 N–H and O–H groups in total. The minimum Gasteiger partial charge on any atom is -0.481 e. The summed E-state index contributed by atoms with van der Waals surface area (Å²) in [4.78, 5) is 17.7. The molecule has 0 atom stereocenters. The smallest absolute Gasteiger partial charge is 0.255 e. The molecule has 0 bridgehead atoms. The molecule has 0 fully saturated rings. The van der Waals surface area contributed by atoms with Gasteiger partial charge in [0.2, 0.25) is 21.8 Å². The van der Waals surface area contributed by atoms with Gasteiger partial charge in [0.1, 0.15) is 22.9 Å². The third kappa shape index (κ3) is 5.05. The highest BCUT2D eigenvalue weighted by atomic mass is 32.2. The highest BCUT2D eigenvalue weighted by molar-refractivity contribution is 7.92. The summed E-state index contributed by atoms with van der Waals surface area (Å²) in [5, 5.41) is 7.75. The molecule has 0 aliphatic carbocycles. The van der Waals surface area contributed by atoms with Gasteiger partial charge in [0, 0.05) is 67.5 Å². The van der Waals surface area contributed by atoms with Gasteiger partial charge in [0.05, 0.1) is 36.8 Å². The van der Waals surface area contributed by atoms with Gasteiger partial charge >= 0.3 is 0 Å². The molecule has 2 aromatic carbocycles. The number of nitrogens with one attached hydrogen (secondary N) is 1. The molecular weight excluding hydrogens is 577 g/mol. The van der Waals surface area contributed by atoms with Crippen LogP contribution in [0.1, 0.15) is 16.8 Å². The highest BCUT2D eigenvalue weighted by Crippen LogP contribution is 2.43. The number of ether oxygens (including phenoxy) is 2. The lowest BCUT2D eigenvalue weighted by Gasteiger charge is -2.21. The SMILES string of the molecule is CNC(=O)c1c(-c2ccc(F)cc2)oc2cc(N(C)S(C)(=O)=O)c(-c3cnc(OC)c(-c4cc5n(n4)CCCO5)c3)cc12. The first-order valence-electron chi connectivity index (χ1n) is 13.4. The summed E-state index contributed by atoms with van der Waals surface area (Å²) in [6.07, 6.45) is 3.50. The Morgan fingerprint density at radius 3 is 2.56 bits per heavy atom. The maximum atomic E-state index is 13.7. The molecular formula is C30H28FN5O6S. The number of pyridine rings is 1. The van der Waals surface area contributed by atoms with Crippen LogP contribution in [0.2, 0.25) is 0 Å². The van der Waals surface area contributed by atoms with Gasteiger partial charge in [-0.3, -0.25) is 9.10 Å². The van der Waals surface area contributed by atoms with Gasteiger partial charge in [-0.15, -0.1) is 0 Å². The summed E-state index contributed by atoms with van der Waals surface area (Å²) < 4.78 is 59.6. The molecule has 43 heavy (non-hydrogen) atoms. The summed E-state index contributed by atoms with van der Waals surface area (Å²) >= 11 is 0. The van der Waals surface area contributed by atoms with Crippen molar-refractivity contribution >= 4 is 32.6 Å². The molecule has 1 aliphatic rings. The van der Waals surface area contributed by atoms with E-state index in [0.717, 1.165) is 17.0 Å². The predicted molar refractivity (Wildman–Crippen MR) is 159 cm³/mol. The first-order chi connectivity index (χ1) is 20.6. The van der Waals surface area contributed by atoms with Crippen LogP contribution in [0.5, 0.6) is 11.8 Å². The van der Waals surface area contributed by atoms with E-state index in [0.29, 0.717) is 63.9 Å². The second kappa shape index (κ2) is 10.7. The number of hydrogen-bond donors (Lipinski definition) is 1. The standard InChI is InChI=1S/C30H28FN5O6S/c1-32-29(37)27-22-13-20(18-12-21(30(40-3)33-16-18)23-14-26-36(34-23)10-5-11-41-26)24(35(2)43(4,38)39)15-25(22)42-28(27)17-6-8-19(31)9-7-17/h6-9,12-16H,5,10-11H2,1-4H3,(H,32,37). The van der Waals surface area contributed by atoms with E-state index in [1.807, 2.05) is 12.1 Å². The van der Waals surface area contributed by atoms with Crippen molar-refractivity contribution in [3.05, 3.63) is 66.1 Å². The molecule has 1 aliphatic heterocycles. The third-order valence-corrected chi connectivity index (χ3v) is 8.53. The Kier molecular flexibility index (Phi) is 7.04. The fraction of sp³-hybridized carbons (Fsp3) is 0.233. The molecule has 3 aromatic heterocycles. The van der Waals surface area contributed by atoms with Crippen LogP contribution in [0.4, 0.5) is 10.1 Å². The van der Waals surface area contributed by atoms with Crippen molar-refractivity contribution < 1.29 is 31.5 Å².